The van der Waals surface area contributed by atoms with Crippen LogP contribution in [0.4, 0.5) is 11.5 Å². The highest BCUT2D eigenvalue weighted by molar-refractivity contribution is 6.34. The molecule has 3 N–H and O–H groups in total. The topological polar surface area (TPSA) is 68.0 Å². The van der Waals surface area contributed by atoms with Crippen LogP contribution in [0.15, 0.2) is 30.3 Å². The summed E-state index contributed by atoms with van der Waals surface area (Å²) >= 11 is 5.99. The second-order valence-electron chi connectivity index (χ2n) is 4.36. The number of pyridine rings is 1. The third kappa shape index (κ3) is 3.23. The number of nitrogens with zero attached hydrogens (tertiary/aromatic N) is 1. The molecule has 0 bridgehead atoms. The molecule has 0 aliphatic carbocycles. The Hall–Kier alpha value is -2.07. The fourth-order valence-electron chi connectivity index (χ4n) is 1.80. The van der Waals surface area contributed by atoms with Crippen LogP contribution in [0.5, 0.6) is 0 Å². The van der Waals surface area contributed by atoms with Gasteiger partial charge in [-0.25, -0.2) is 4.98 Å². The minimum atomic E-state index is -0.303. The first-order valence-electron chi connectivity index (χ1n) is 5.77. The van der Waals surface area contributed by atoms with Crippen LogP contribution in [0.25, 0.3) is 0 Å². The third-order valence-electron chi connectivity index (χ3n) is 2.58. The van der Waals surface area contributed by atoms with Crippen LogP contribution in [-0.2, 0) is 0 Å². The van der Waals surface area contributed by atoms with E-state index in [2.05, 4.69) is 10.3 Å². The largest absolute Gasteiger partial charge is 0.399 e. The zero-order valence-corrected chi connectivity index (χ0v) is 11.5. The van der Waals surface area contributed by atoms with E-state index in [0.29, 0.717) is 22.1 Å². The summed E-state index contributed by atoms with van der Waals surface area (Å²) in [5.41, 5.74) is 8.36. The highest BCUT2D eigenvalue weighted by atomic mass is 35.5. The molecule has 2 rings (SSSR count). The van der Waals surface area contributed by atoms with Crippen LogP contribution >= 0.6 is 11.6 Å². The van der Waals surface area contributed by atoms with Gasteiger partial charge in [0, 0.05) is 11.4 Å². The Morgan fingerprint density at radius 1 is 1.26 bits per heavy atom. The Balaban J connectivity index is 2.25. The van der Waals surface area contributed by atoms with E-state index in [1.54, 1.807) is 24.3 Å². The highest BCUT2D eigenvalue weighted by Crippen LogP contribution is 2.20. The minimum absolute atomic E-state index is 0.303. The standard InChI is InChI=1S/C14H14ClN3O/c1-8-5-9(2)17-13(6-8)18-14(19)11-4-3-10(16)7-12(11)15/h3-7H,16H2,1-2H3,(H,17,18,19). The van der Waals surface area contributed by atoms with Gasteiger partial charge >= 0.3 is 0 Å². The fraction of sp³-hybridized carbons (Fsp3) is 0.143. The maximum absolute atomic E-state index is 12.1. The van der Waals surface area contributed by atoms with Crippen molar-refractivity contribution in [2.75, 3.05) is 11.1 Å². The average Bonchev–Trinajstić information content (AvgIpc) is 2.26. The number of aromatic nitrogens is 1. The molecule has 1 heterocycles. The number of amides is 1. The van der Waals surface area contributed by atoms with Gasteiger partial charge in [0.25, 0.3) is 5.91 Å². The normalized spacial score (nSPS) is 10.3. The van der Waals surface area contributed by atoms with E-state index >= 15 is 0 Å². The summed E-state index contributed by atoms with van der Waals surface area (Å²) in [7, 11) is 0. The average molecular weight is 276 g/mol. The molecule has 98 valence electrons. The molecule has 0 saturated heterocycles. The number of hydrogen-bond donors (Lipinski definition) is 2. The number of nitrogens with two attached hydrogens (primary N) is 1. The van der Waals surface area contributed by atoms with Crippen molar-refractivity contribution in [2.45, 2.75) is 13.8 Å². The summed E-state index contributed by atoms with van der Waals surface area (Å²) in [6.07, 6.45) is 0. The van der Waals surface area contributed by atoms with Crippen molar-refractivity contribution < 1.29 is 4.79 Å². The molecule has 1 aromatic carbocycles. The van der Waals surface area contributed by atoms with E-state index in [1.807, 2.05) is 19.9 Å². The number of hydrogen-bond acceptors (Lipinski definition) is 3. The van der Waals surface area contributed by atoms with Gasteiger partial charge in [-0.15, -0.1) is 0 Å². The van der Waals surface area contributed by atoms with E-state index in [9.17, 15) is 4.79 Å². The van der Waals surface area contributed by atoms with Gasteiger partial charge < -0.3 is 11.1 Å². The Morgan fingerprint density at radius 2 is 2.00 bits per heavy atom. The lowest BCUT2D eigenvalue weighted by Crippen LogP contribution is -2.14. The first kappa shape index (κ1) is 13.4. The number of halogens is 1. The van der Waals surface area contributed by atoms with Crippen LogP contribution in [0.2, 0.25) is 5.02 Å². The fourth-order valence-corrected chi connectivity index (χ4v) is 2.08. The smallest absolute Gasteiger partial charge is 0.258 e. The van der Waals surface area contributed by atoms with Crippen LogP contribution in [0.3, 0.4) is 0 Å². The SMILES string of the molecule is Cc1cc(C)nc(NC(=O)c2ccc(N)cc2Cl)c1. The summed E-state index contributed by atoms with van der Waals surface area (Å²) in [6.45, 7) is 3.82. The quantitative estimate of drug-likeness (QED) is 0.827. The lowest BCUT2D eigenvalue weighted by Gasteiger charge is -2.08. The number of rotatable bonds is 2. The molecule has 0 fully saturated rings. The predicted molar refractivity (Wildman–Crippen MR) is 77.5 cm³/mol. The van der Waals surface area contributed by atoms with Gasteiger partial charge in [0.2, 0.25) is 0 Å². The maximum Gasteiger partial charge on any atom is 0.258 e. The lowest BCUT2D eigenvalue weighted by molar-refractivity contribution is 0.102. The van der Waals surface area contributed by atoms with Gasteiger partial charge in [-0.2, -0.15) is 0 Å². The molecule has 0 aliphatic rings. The van der Waals surface area contributed by atoms with E-state index < -0.39 is 0 Å². The molecule has 5 heteroatoms. The van der Waals surface area contributed by atoms with Gasteiger partial charge in [0.05, 0.1) is 10.6 Å². The monoisotopic (exact) mass is 275 g/mol. The molecule has 0 atom stereocenters. The Morgan fingerprint density at radius 3 is 2.63 bits per heavy atom. The van der Waals surface area contributed by atoms with Gasteiger partial charge in [-0.3, -0.25) is 4.79 Å². The number of nitrogen functional groups attached to an aromatic ring is 1. The first-order chi connectivity index (χ1) is 8.95. The molecule has 1 aromatic heterocycles. The number of nitrogens with one attached hydrogen (secondary N) is 1. The van der Waals surface area contributed by atoms with Crippen molar-refractivity contribution in [1.29, 1.82) is 0 Å². The van der Waals surface area contributed by atoms with Crippen LogP contribution in [0.1, 0.15) is 21.6 Å². The summed E-state index contributed by atoms with van der Waals surface area (Å²) < 4.78 is 0. The summed E-state index contributed by atoms with van der Waals surface area (Å²) in [5, 5.41) is 3.05. The summed E-state index contributed by atoms with van der Waals surface area (Å²) in [5.74, 6) is 0.206. The molecule has 0 spiro atoms. The van der Waals surface area contributed by atoms with Crippen molar-refractivity contribution in [1.82, 2.24) is 4.98 Å². The van der Waals surface area contributed by atoms with E-state index in [-0.39, 0.29) is 5.91 Å². The predicted octanol–water partition coefficient (Wildman–Crippen LogP) is 3.19. The van der Waals surface area contributed by atoms with E-state index in [1.165, 1.54) is 0 Å². The molecule has 1 amide bonds. The van der Waals surface area contributed by atoms with Crippen LogP contribution < -0.4 is 11.1 Å². The molecule has 2 aromatic rings. The van der Waals surface area contributed by atoms with E-state index in [4.69, 9.17) is 17.3 Å². The van der Waals surface area contributed by atoms with E-state index in [0.717, 1.165) is 11.3 Å². The van der Waals surface area contributed by atoms with Gasteiger partial charge in [-0.05, 0) is 49.7 Å². The van der Waals surface area contributed by atoms with Gasteiger partial charge in [-0.1, -0.05) is 11.6 Å². The minimum Gasteiger partial charge on any atom is -0.399 e. The maximum atomic E-state index is 12.1. The second-order valence-corrected chi connectivity index (χ2v) is 4.77. The number of anilines is 2. The third-order valence-corrected chi connectivity index (χ3v) is 2.89. The Bertz CT molecular complexity index is 620. The number of benzene rings is 1. The molecule has 0 radical (unpaired) electrons. The Labute approximate surface area is 116 Å². The zero-order valence-electron chi connectivity index (χ0n) is 10.7. The van der Waals surface area contributed by atoms with Gasteiger partial charge in [0.1, 0.15) is 5.82 Å². The van der Waals surface area contributed by atoms with Crippen molar-refractivity contribution in [2.24, 2.45) is 0 Å². The molecule has 4 nitrogen and oxygen atoms in total. The van der Waals surface area contributed by atoms with Gasteiger partial charge in [0.15, 0.2) is 0 Å². The summed E-state index contributed by atoms with van der Waals surface area (Å²) in [6, 6.07) is 8.51. The molecule has 19 heavy (non-hydrogen) atoms. The molecule has 0 unspecified atom stereocenters. The number of carbonyl (C=O) groups is 1. The number of carbonyl (C=O) groups excluding carboxylic acids is 1. The molecular weight excluding hydrogens is 262 g/mol. The first-order valence-corrected chi connectivity index (χ1v) is 6.15. The Kier molecular flexibility index (Phi) is 3.71. The second kappa shape index (κ2) is 5.28. The molecular formula is C14H14ClN3O. The zero-order chi connectivity index (χ0) is 14.0. The van der Waals surface area contributed by atoms with Crippen LogP contribution in [-0.4, -0.2) is 10.9 Å². The van der Waals surface area contributed by atoms with Crippen LogP contribution in [0, 0.1) is 13.8 Å². The highest BCUT2D eigenvalue weighted by Gasteiger charge is 2.11. The van der Waals surface area contributed by atoms with Crippen molar-refractivity contribution >= 4 is 29.0 Å². The van der Waals surface area contributed by atoms with Crippen molar-refractivity contribution in [3.8, 4) is 0 Å². The summed E-state index contributed by atoms with van der Waals surface area (Å²) in [4.78, 5) is 16.3. The molecule has 0 saturated carbocycles. The number of aryl methyl sites for hydroxylation is 2. The molecule has 0 aliphatic heterocycles. The van der Waals surface area contributed by atoms with Crippen molar-refractivity contribution in [3.63, 3.8) is 0 Å². The lowest BCUT2D eigenvalue weighted by atomic mass is 10.2. The van der Waals surface area contributed by atoms with Crippen molar-refractivity contribution in [3.05, 3.63) is 52.2 Å².